The van der Waals surface area contributed by atoms with Crippen molar-refractivity contribution in [1.82, 2.24) is 5.32 Å². The van der Waals surface area contributed by atoms with Crippen molar-refractivity contribution in [3.8, 4) is 0 Å². The lowest BCUT2D eigenvalue weighted by Gasteiger charge is -2.17. The van der Waals surface area contributed by atoms with Crippen molar-refractivity contribution in [1.29, 1.82) is 0 Å². The van der Waals surface area contributed by atoms with Gasteiger partial charge in [0.1, 0.15) is 0 Å². The van der Waals surface area contributed by atoms with Crippen LogP contribution in [0.1, 0.15) is 76.3 Å². The highest BCUT2D eigenvalue weighted by Crippen LogP contribution is 2.28. The second-order valence-electron chi connectivity index (χ2n) is 7.04. The van der Waals surface area contributed by atoms with Gasteiger partial charge in [0.05, 0.1) is 0 Å². The predicted octanol–water partition coefficient (Wildman–Crippen LogP) is 4.40. The molecule has 1 aromatic rings. The third kappa shape index (κ3) is 4.57. The molecule has 2 N–H and O–H groups in total. The fraction of sp³-hybridized carbons (Fsp3) is 0.632. The molecule has 1 aliphatic rings. The van der Waals surface area contributed by atoms with Crippen molar-refractivity contribution in [2.45, 2.75) is 71.3 Å². The molecule has 0 radical (unpaired) electrons. The molecule has 2 rings (SSSR count). The van der Waals surface area contributed by atoms with Crippen molar-refractivity contribution in [3.05, 3.63) is 29.3 Å². The Kier molecular flexibility index (Phi) is 6.01. The zero-order chi connectivity index (χ0) is 16.1. The summed E-state index contributed by atoms with van der Waals surface area (Å²) in [4.78, 5) is 12.2. The first-order valence-electron chi connectivity index (χ1n) is 8.64. The van der Waals surface area contributed by atoms with Crippen molar-refractivity contribution >= 4 is 11.6 Å². The van der Waals surface area contributed by atoms with Gasteiger partial charge in [-0.2, -0.15) is 0 Å². The van der Waals surface area contributed by atoms with Crippen LogP contribution in [0.3, 0.4) is 0 Å². The van der Waals surface area contributed by atoms with Gasteiger partial charge >= 0.3 is 0 Å². The topological polar surface area (TPSA) is 41.1 Å². The highest BCUT2D eigenvalue weighted by Gasteiger charge is 2.16. The first-order valence-corrected chi connectivity index (χ1v) is 8.64. The molecular formula is C19H30N2O. The summed E-state index contributed by atoms with van der Waals surface area (Å²) in [5.41, 5.74) is 3.54. The fourth-order valence-corrected chi connectivity index (χ4v) is 3.05. The smallest absolute Gasteiger partial charge is 0.224 e. The van der Waals surface area contributed by atoms with Crippen LogP contribution < -0.4 is 10.6 Å². The molecule has 0 spiro atoms. The Morgan fingerprint density at radius 2 is 2.05 bits per heavy atom. The van der Waals surface area contributed by atoms with E-state index >= 15 is 0 Å². The molecular weight excluding hydrogens is 272 g/mol. The second-order valence-corrected chi connectivity index (χ2v) is 7.04. The molecule has 122 valence electrons. The number of hydrogen-bond acceptors (Lipinski definition) is 2. The summed E-state index contributed by atoms with van der Waals surface area (Å²) in [6.45, 7) is 9.86. The molecule has 22 heavy (non-hydrogen) atoms. The van der Waals surface area contributed by atoms with Crippen LogP contribution in [0, 0.1) is 0 Å². The van der Waals surface area contributed by atoms with Crippen molar-refractivity contribution in [3.63, 3.8) is 0 Å². The summed E-state index contributed by atoms with van der Waals surface area (Å²) in [7, 11) is 0. The van der Waals surface area contributed by atoms with Crippen molar-refractivity contribution < 1.29 is 4.79 Å². The number of nitrogens with one attached hydrogen (secondary N) is 2. The first kappa shape index (κ1) is 17.0. The van der Waals surface area contributed by atoms with Gasteiger partial charge in [-0.3, -0.25) is 4.79 Å². The number of amides is 1. The molecule has 1 unspecified atom stereocenters. The summed E-state index contributed by atoms with van der Waals surface area (Å²) in [6.07, 6.45) is 3.97. The summed E-state index contributed by atoms with van der Waals surface area (Å²) < 4.78 is 0. The standard InChI is InChI=1S/C19H30N2O/c1-13(2)15-7-9-18(17(12-15)14(3)4)21-19(22)10-8-16-6-5-11-20-16/h7,9,12-14,16,20H,5-6,8,10-11H2,1-4H3,(H,21,22). The summed E-state index contributed by atoms with van der Waals surface area (Å²) in [5.74, 6) is 1.05. The maximum atomic E-state index is 12.2. The molecule has 1 aliphatic heterocycles. The van der Waals surface area contributed by atoms with Gasteiger partial charge < -0.3 is 10.6 Å². The van der Waals surface area contributed by atoms with Gasteiger partial charge in [-0.05, 0) is 54.8 Å². The van der Waals surface area contributed by atoms with E-state index in [-0.39, 0.29) is 5.91 Å². The fourth-order valence-electron chi connectivity index (χ4n) is 3.05. The number of benzene rings is 1. The summed E-state index contributed by atoms with van der Waals surface area (Å²) >= 11 is 0. The van der Waals surface area contributed by atoms with Gasteiger partial charge in [-0.25, -0.2) is 0 Å². The van der Waals surface area contributed by atoms with Gasteiger partial charge in [-0.15, -0.1) is 0 Å². The largest absolute Gasteiger partial charge is 0.326 e. The molecule has 1 heterocycles. The molecule has 1 fully saturated rings. The molecule has 0 bridgehead atoms. The summed E-state index contributed by atoms with van der Waals surface area (Å²) in [5, 5.41) is 6.56. The average molecular weight is 302 g/mol. The maximum Gasteiger partial charge on any atom is 0.224 e. The number of carbonyl (C=O) groups excluding carboxylic acids is 1. The van der Waals surface area contributed by atoms with E-state index in [0.717, 1.165) is 18.7 Å². The first-order chi connectivity index (χ1) is 10.5. The lowest BCUT2D eigenvalue weighted by Crippen LogP contribution is -2.23. The molecule has 1 saturated heterocycles. The average Bonchev–Trinajstić information content (AvgIpc) is 2.98. The van der Waals surface area contributed by atoms with E-state index in [0.29, 0.717) is 24.3 Å². The Bertz CT molecular complexity index is 502. The Hall–Kier alpha value is -1.35. The normalized spacial score (nSPS) is 18.2. The van der Waals surface area contributed by atoms with Gasteiger partial charge in [0.15, 0.2) is 0 Å². The molecule has 1 atom stereocenters. The number of rotatable bonds is 6. The van der Waals surface area contributed by atoms with E-state index in [1.807, 2.05) is 0 Å². The minimum atomic E-state index is 0.132. The Morgan fingerprint density at radius 3 is 2.64 bits per heavy atom. The van der Waals surface area contributed by atoms with E-state index < -0.39 is 0 Å². The van der Waals surface area contributed by atoms with Crippen LogP contribution in [-0.4, -0.2) is 18.5 Å². The Morgan fingerprint density at radius 1 is 1.27 bits per heavy atom. The minimum Gasteiger partial charge on any atom is -0.326 e. The van der Waals surface area contributed by atoms with Crippen LogP contribution >= 0.6 is 0 Å². The minimum absolute atomic E-state index is 0.132. The zero-order valence-corrected chi connectivity index (χ0v) is 14.4. The van der Waals surface area contributed by atoms with E-state index in [1.54, 1.807) is 0 Å². The second kappa shape index (κ2) is 7.77. The van der Waals surface area contributed by atoms with Crippen LogP contribution in [-0.2, 0) is 4.79 Å². The lowest BCUT2D eigenvalue weighted by molar-refractivity contribution is -0.116. The molecule has 3 heteroatoms. The quantitative estimate of drug-likeness (QED) is 0.817. The Balaban J connectivity index is 1.99. The molecule has 0 aromatic heterocycles. The highest BCUT2D eigenvalue weighted by atomic mass is 16.1. The molecule has 0 aliphatic carbocycles. The van der Waals surface area contributed by atoms with Gasteiger partial charge in [0.2, 0.25) is 5.91 Å². The summed E-state index contributed by atoms with van der Waals surface area (Å²) in [6, 6.07) is 6.96. The predicted molar refractivity (Wildman–Crippen MR) is 93.5 cm³/mol. The molecule has 3 nitrogen and oxygen atoms in total. The third-order valence-corrected chi connectivity index (χ3v) is 4.52. The van der Waals surface area contributed by atoms with Crippen molar-refractivity contribution in [2.75, 3.05) is 11.9 Å². The van der Waals surface area contributed by atoms with Crippen LogP contribution in [0.15, 0.2) is 18.2 Å². The van der Waals surface area contributed by atoms with E-state index in [9.17, 15) is 4.79 Å². The van der Waals surface area contributed by atoms with E-state index in [4.69, 9.17) is 0 Å². The van der Waals surface area contributed by atoms with E-state index in [2.05, 4.69) is 56.5 Å². The van der Waals surface area contributed by atoms with Crippen LogP contribution in [0.2, 0.25) is 0 Å². The lowest BCUT2D eigenvalue weighted by atomic mass is 9.94. The number of anilines is 1. The SMILES string of the molecule is CC(C)c1ccc(NC(=O)CCC2CCCN2)c(C(C)C)c1. The number of carbonyl (C=O) groups is 1. The Labute approximate surface area is 134 Å². The number of hydrogen-bond donors (Lipinski definition) is 2. The molecule has 0 saturated carbocycles. The van der Waals surface area contributed by atoms with Gasteiger partial charge in [0.25, 0.3) is 0 Å². The van der Waals surface area contributed by atoms with E-state index in [1.165, 1.54) is 24.0 Å². The van der Waals surface area contributed by atoms with Gasteiger partial charge in [-0.1, -0.05) is 39.8 Å². The highest BCUT2D eigenvalue weighted by molar-refractivity contribution is 5.91. The monoisotopic (exact) mass is 302 g/mol. The molecule has 1 amide bonds. The molecule has 1 aromatic carbocycles. The van der Waals surface area contributed by atoms with Crippen molar-refractivity contribution in [2.24, 2.45) is 0 Å². The third-order valence-electron chi connectivity index (χ3n) is 4.52. The maximum absolute atomic E-state index is 12.2. The van der Waals surface area contributed by atoms with Crippen LogP contribution in [0.25, 0.3) is 0 Å². The van der Waals surface area contributed by atoms with Crippen LogP contribution in [0.4, 0.5) is 5.69 Å². The zero-order valence-electron chi connectivity index (χ0n) is 14.4. The van der Waals surface area contributed by atoms with Crippen LogP contribution in [0.5, 0.6) is 0 Å². The van der Waals surface area contributed by atoms with Gasteiger partial charge in [0, 0.05) is 18.2 Å².